The van der Waals surface area contributed by atoms with Crippen molar-refractivity contribution in [2.45, 2.75) is 27.2 Å². The van der Waals surface area contributed by atoms with Crippen molar-refractivity contribution in [2.24, 2.45) is 0 Å². The molecule has 0 N–H and O–H groups in total. The minimum Gasteiger partial charge on any atom is -0.242 e. The second-order valence-corrected chi connectivity index (χ2v) is 2.12. The van der Waals surface area contributed by atoms with E-state index in [0.717, 1.165) is 5.57 Å². The van der Waals surface area contributed by atoms with Crippen LogP contribution in [0.1, 0.15) is 27.2 Å². The highest BCUT2D eigenvalue weighted by Crippen LogP contribution is 2.06. The zero-order valence-corrected chi connectivity index (χ0v) is 6.02. The van der Waals surface area contributed by atoms with Crippen LogP contribution < -0.4 is 0 Å². The molecule has 0 bridgehead atoms. The molecule has 0 saturated heterocycles. The molecule has 0 aliphatic heterocycles. The van der Waals surface area contributed by atoms with Crippen LogP contribution in [0.5, 0.6) is 0 Å². The predicted molar refractivity (Wildman–Crippen MR) is 34.4 cm³/mol. The molecule has 0 aromatic rings. The second kappa shape index (κ2) is 3.28. The molecule has 2 nitrogen and oxygen atoms in total. The molecule has 0 rings (SSSR count). The van der Waals surface area contributed by atoms with Gasteiger partial charge in [0.15, 0.2) is 0 Å². The molecular formula is C7H11O2. The molecular weight excluding hydrogens is 116 g/mol. The summed E-state index contributed by atoms with van der Waals surface area (Å²) in [6.45, 7) is 5.35. The lowest BCUT2D eigenvalue weighted by Gasteiger charge is -1.95. The second-order valence-electron chi connectivity index (χ2n) is 2.12. The third-order valence-corrected chi connectivity index (χ3v) is 1.20. The summed E-state index contributed by atoms with van der Waals surface area (Å²) >= 11 is 0. The SMILES string of the molecule is CCC(C([O])=O)=C(C)C. The zero-order chi connectivity index (χ0) is 7.44. The van der Waals surface area contributed by atoms with Gasteiger partial charge >= 0.3 is 5.97 Å². The van der Waals surface area contributed by atoms with E-state index in [-0.39, 0.29) is 0 Å². The lowest BCUT2D eigenvalue weighted by atomic mass is 10.1. The van der Waals surface area contributed by atoms with E-state index in [4.69, 9.17) is 0 Å². The maximum atomic E-state index is 10.2. The first-order valence-corrected chi connectivity index (χ1v) is 2.97. The van der Waals surface area contributed by atoms with E-state index in [0.29, 0.717) is 12.0 Å². The largest absolute Gasteiger partial charge is 0.382 e. The Kier molecular flexibility index (Phi) is 2.99. The van der Waals surface area contributed by atoms with Gasteiger partial charge in [-0.2, -0.15) is 0 Å². The third kappa shape index (κ3) is 2.31. The van der Waals surface area contributed by atoms with E-state index in [1.165, 1.54) is 0 Å². The minimum atomic E-state index is -1.04. The van der Waals surface area contributed by atoms with Gasteiger partial charge in [-0.05, 0) is 20.3 Å². The quantitative estimate of drug-likeness (QED) is 0.520. The van der Waals surface area contributed by atoms with Gasteiger partial charge in [0.1, 0.15) is 0 Å². The molecule has 0 amide bonds. The summed E-state index contributed by atoms with van der Waals surface area (Å²) in [5.74, 6) is -1.04. The fourth-order valence-corrected chi connectivity index (χ4v) is 0.702. The molecule has 0 saturated carbocycles. The van der Waals surface area contributed by atoms with Crippen LogP contribution in [0.4, 0.5) is 0 Å². The maximum Gasteiger partial charge on any atom is 0.382 e. The van der Waals surface area contributed by atoms with Gasteiger partial charge < -0.3 is 0 Å². The van der Waals surface area contributed by atoms with E-state index in [1.54, 1.807) is 20.8 Å². The van der Waals surface area contributed by atoms with Crippen molar-refractivity contribution in [3.05, 3.63) is 11.1 Å². The van der Waals surface area contributed by atoms with Gasteiger partial charge in [0, 0.05) is 5.57 Å². The van der Waals surface area contributed by atoms with Gasteiger partial charge in [-0.3, -0.25) is 0 Å². The minimum absolute atomic E-state index is 0.412. The van der Waals surface area contributed by atoms with E-state index in [9.17, 15) is 9.90 Å². The molecule has 1 radical (unpaired) electrons. The van der Waals surface area contributed by atoms with Crippen molar-refractivity contribution in [2.75, 3.05) is 0 Å². The Morgan fingerprint density at radius 1 is 1.33 bits per heavy atom. The fourth-order valence-electron chi connectivity index (χ4n) is 0.702. The Morgan fingerprint density at radius 2 is 1.78 bits per heavy atom. The first-order chi connectivity index (χ1) is 4.09. The summed E-state index contributed by atoms with van der Waals surface area (Å²) < 4.78 is 0. The van der Waals surface area contributed by atoms with Crippen molar-refractivity contribution < 1.29 is 9.90 Å². The van der Waals surface area contributed by atoms with Crippen LogP contribution in [0, 0.1) is 0 Å². The normalized spacial score (nSPS) is 8.78. The Labute approximate surface area is 55.2 Å². The monoisotopic (exact) mass is 127 g/mol. The van der Waals surface area contributed by atoms with Crippen LogP contribution in [0.2, 0.25) is 0 Å². The molecule has 0 unspecified atom stereocenters. The highest BCUT2D eigenvalue weighted by atomic mass is 16.4. The van der Waals surface area contributed by atoms with Crippen molar-refractivity contribution in [3.63, 3.8) is 0 Å². The van der Waals surface area contributed by atoms with E-state index < -0.39 is 5.97 Å². The Bertz CT molecular complexity index is 141. The molecule has 2 heteroatoms. The van der Waals surface area contributed by atoms with Crippen LogP contribution in [0.3, 0.4) is 0 Å². The lowest BCUT2D eigenvalue weighted by Crippen LogP contribution is -1.98. The Morgan fingerprint density at radius 3 is 1.78 bits per heavy atom. The molecule has 9 heavy (non-hydrogen) atoms. The van der Waals surface area contributed by atoms with Gasteiger partial charge in [0.05, 0.1) is 0 Å². The number of carbonyl (C=O) groups excluding carboxylic acids is 1. The number of hydrogen-bond donors (Lipinski definition) is 0. The van der Waals surface area contributed by atoms with Gasteiger partial charge in [-0.15, -0.1) is 0 Å². The van der Waals surface area contributed by atoms with Crippen LogP contribution in [0.25, 0.3) is 0 Å². The average molecular weight is 127 g/mol. The molecule has 0 heterocycles. The molecule has 51 valence electrons. The Hall–Kier alpha value is -0.790. The number of allylic oxidation sites excluding steroid dienone is 1. The number of hydrogen-bond acceptors (Lipinski definition) is 1. The summed E-state index contributed by atoms with van der Waals surface area (Å²) in [6, 6.07) is 0. The maximum absolute atomic E-state index is 10.2. The average Bonchev–Trinajstić information content (AvgIpc) is 1.64. The first-order valence-electron chi connectivity index (χ1n) is 2.97. The van der Waals surface area contributed by atoms with Crippen molar-refractivity contribution >= 4 is 5.97 Å². The smallest absolute Gasteiger partial charge is 0.242 e. The van der Waals surface area contributed by atoms with Crippen LogP contribution in [0.15, 0.2) is 11.1 Å². The lowest BCUT2D eigenvalue weighted by molar-refractivity contribution is -0.138. The summed E-state index contributed by atoms with van der Waals surface area (Å²) in [6.07, 6.45) is 0.546. The molecule has 0 spiro atoms. The standard InChI is InChI=1S/C7H11O2/c1-4-6(5(2)3)7(8)9/h4H2,1-3H3. The summed E-state index contributed by atoms with van der Waals surface area (Å²) in [5, 5.41) is 10.2. The zero-order valence-electron chi connectivity index (χ0n) is 6.02. The molecule has 0 fully saturated rings. The van der Waals surface area contributed by atoms with Crippen LogP contribution in [-0.4, -0.2) is 5.97 Å². The van der Waals surface area contributed by atoms with Crippen molar-refractivity contribution in [1.29, 1.82) is 0 Å². The highest BCUT2D eigenvalue weighted by molar-refractivity contribution is 5.86. The van der Waals surface area contributed by atoms with Gasteiger partial charge in [-0.1, -0.05) is 12.5 Å². The highest BCUT2D eigenvalue weighted by Gasteiger charge is 2.06. The summed E-state index contributed by atoms with van der Waals surface area (Å²) in [7, 11) is 0. The van der Waals surface area contributed by atoms with E-state index in [2.05, 4.69) is 0 Å². The van der Waals surface area contributed by atoms with Crippen molar-refractivity contribution in [3.8, 4) is 0 Å². The van der Waals surface area contributed by atoms with Crippen LogP contribution >= 0.6 is 0 Å². The van der Waals surface area contributed by atoms with Crippen molar-refractivity contribution in [1.82, 2.24) is 0 Å². The van der Waals surface area contributed by atoms with E-state index >= 15 is 0 Å². The van der Waals surface area contributed by atoms with Gasteiger partial charge in [-0.25, -0.2) is 9.90 Å². The fraction of sp³-hybridized carbons (Fsp3) is 0.571. The van der Waals surface area contributed by atoms with Gasteiger partial charge in [0.25, 0.3) is 0 Å². The Balaban J connectivity index is 4.35. The molecule has 0 atom stereocenters. The first kappa shape index (κ1) is 8.21. The number of carbonyl (C=O) groups is 1. The molecule has 0 aromatic heterocycles. The topological polar surface area (TPSA) is 37.0 Å². The third-order valence-electron chi connectivity index (χ3n) is 1.20. The molecule has 0 aliphatic carbocycles. The predicted octanol–water partition coefficient (Wildman–Crippen LogP) is 1.69. The molecule has 0 aliphatic rings. The summed E-state index contributed by atoms with van der Waals surface area (Å²) in [5.41, 5.74) is 1.24. The number of rotatable bonds is 2. The molecule has 0 aromatic carbocycles. The van der Waals surface area contributed by atoms with E-state index in [1.807, 2.05) is 0 Å². The van der Waals surface area contributed by atoms with Gasteiger partial charge in [0.2, 0.25) is 0 Å². The summed E-state index contributed by atoms with van der Waals surface area (Å²) in [4.78, 5) is 10.2. The van der Waals surface area contributed by atoms with Crippen LogP contribution in [-0.2, 0) is 9.90 Å².